The van der Waals surface area contributed by atoms with Crippen molar-refractivity contribution < 1.29 is 13.2 Å². The van der Waals surface area contributed by atoms with Crippen LogP contribution in [-0.4, -0.2) is 39.0 Å². The SMILES string of the molecule is CC(C)O[C@@H]1CNC[C@@H](S(N)(=O)=O)C1. The monoisotopic (exact) mass is 222 g/mol. The van der Waals surface area contributed by atoms with E-state index in [1.54, 1.807) is 0 Å². The minimum absolute atomic E-state index is 0.0490. The molecule has 0 amide bonds. The summed E-state index contributed by atoms with van der Waals surface area (Å²) in [7, 11) is -3.44. The first-order valence-corrected chi connectivity index (χ1v) is 6.38. The minimum atomic E-state index is -3.44. The van der Waals surface area contributed by atoms with Crippen molar-refractivity contribution in [3.8, 4) is 0 Å². The van der Waals surface area contributed by atoms with Crippen LogP contribution in [0.4, 0.5) is 0 Å². The third-order valence-electron chi connectivity index (χ3n) is 2.20. The van der Waals surface area contributed by atoms with Gasteiger partial charge in [0.2, 0.25) is 10.0 Å². The number of primary sulfonamides is 1. The zero-order chi connectivity index (χ0) is 10.8. The highest BCUT2D eigenvalue weighted by molar-refractivity contribution is 7.89. The van der Waals surface area contributed by atoms with E-state index in [-0.39, 0.29) is 12.2 Å². The van der Waals surface area contributed by atoms with Crippen molar-refractivity contribution in [2.24, 2.45) is 5.14 Å². The van der Waals surface area contributed by atoms with Gasteiger partial charge in [-0.05, 0) is 20.3 Å². The van der Waals surface area contributed by atoms with Gasteiger partial charge in [-0.2, -0.15) is 0 Å². The molecule has 84 valence electrons. The van der Waals surface area contributed by atoms with Gasteiger partial charge in [-0.25, -0.2) is 13.6 Å². The molecule has 0 aromatic rings. The van der Waals surface area contributed by atoms with Crippen molar-refractivity contribution in [1.82, 2.24) is 5.32 Å². The number of piperidine rings is 1. The highest BCUT2D eigenvalue weighted by Crippen LogP contribution is 2.13. The van der Waals surface area contributed by atoms with Crippen molar-refractivity contribution >= 4 is 10.0 Å². The molecule has 2 atom stereocenters. The summed E-state index contributed by atoms with van der Waals surface area (Å²) in [6, 6.07) is 0. The molecule has 0 aromatic heterocycles. The first kappa shape index (κ1) is 11.9. The molecule has 1 aliphatic heterocycles. The number of hydrogen-bond donors (Lipinski definition) is 2. The van der Waals surface area contributed by atoms with Crippen LogP contribution >= 0.6 is 0 Å². The summed E-state index contributed by atoms with van der Waals surface area (Å²) in [6.07, 6.45) is 0.553. The standard InChI is InChI=1S/C8H18N2O3S/c1-6(2)13-7-3-8(5-10-4-7)14(9,11)12/h6-8,10H,3-5H2,1-2H3,(H2,9,11,12)/t7-,8-/m0/s1. The van der Waals surface area contributed by atoms with Crippen molar-refractivity contribution in [1.29, 1.82) is 0 Å². The summed E-state index contributed by atoms with van der Waals surface area (Å²) >= 11 is 0. The fourth-order valence-electron chi connectivity index (χ4n) is 1.60. The first-order valence-electron chi connectivity index (χ1n) is 4.77. The average Bonchev–Trinajstić information content (AvgIpc) is 2.01. The van der Waals surface area contributed by atoms with Crippen LogP contribution < -0.4 is 10.5 Å². The van der Waals surface area contributed by atoms with E-state index in [9.17, 15) is 8.42 Å². The Kier molecular flexibility index (Phi) is 3.88. The third-order valence-corrected chi connectivity index (χ3v) is 3.49. The van der Waals surface area contributed by atoms with E-state index in [1.165, 1.54) is 0 Å². The summed E-state index contributed by atoms with van der Waals surface area (Å²) in [5, 5.41) is 7.58. The molecule has 0 spiro atoms. The summed E-state index contributed by atoms with van der Waals surface area (Å²) in [6.45, 7) is 4.99. The second-order valence-electron chi connectivity index (χ2n) is 3.91. The Bertz CT molecular complexity index is 276. The van der Waals surface area contributed by atoms with E-state index in [4.69, 9.17) is 9.88 Å². The number of rotatable bonds is 3. The normalized spacial score (nSPS) is 29.4. The third kappa shape index (κ3) is 3.53. The Balaban J connectivity index is 2.52. The maximum absolute atomic E-state index is 11.1. The Morgan fingerprint density at radius 1 is 1.43 bits per heavy atom. The van der Waals surface area contributed by atoms with Gasteiger partial charge in [-0.3, -0.25) is 0 Å². The zero-order valence-electron chi connectivity index (χ0n) is 8.56. The highest BCUT2D eigenvalue weighted by Gasteiger charge is 2.29. The molecule has 6 heteroatoms. The maximum Gasteiger partial charge on any atom is 0.213 e. The van der Waals surface area contributed by atoms with E-state index in [0.717, 1.165) is 0 Å². The molecule has 14 heavy (non-hydrogen) atoms. The fraction of sp³-hybridized carbons (Fsp3) is 1.00. The molecule has 1 fully saturated rings. The van der Waals surface area contributed by atoms with E-state index >= 15 is 0 Å². The van der Waals surface area contributed by atoms with Crippen LogP contribution in [0.1, 0.15) is 20.3 Å². The molecule has 5 nitrogen and oxygen atoms in total. The second-order valence-corrected chi connectivity index (χ2v) is 5.76. The molecule has 0 unspecified atom stereocenters. The van der Waals surface area contributed by atoms with Crippen LogP contribution in [0, 0.1) is 0 Å². The molecule has 0 aromatic carbocycles. The lowest BCUT2D eigenvalue weighted by Gasteiger charge is -2.29. The van der Waals surface area contributed by atoms with Gasteiger partial charge >= 0.3 is 0 Å². The van der Waals surface area contributed by atoms with Gasteiger partial charge in [0, 0.05) is 13.1 Å². The minimum Gasteiger partial charge on any atom is -0.374 e. The van der Waals surface area contributed by atoms with E-state index in [2.05, 4.69) is 5.32 Å². The average molecular weight is 222 g/mol. The van der Waals surface area contributed by atoms with Crippen LogP contribution in [0.15, 0.2) is 0 Å². The molecule has 1 saturated heterocycles. The van der Waals surface area contributed by atoms with E-state index < -0.39 is 15.3 Å². The Morgan fingerprint density at radius 2 is 2.07 bits per heavy atom. The maximum atomic E-state index is 11.1. The molecule has 0 radical (unpaired) electrons. The smallest absolute Gasteiger partial charge is 0.213 e. The molecular weight excluding hydrogens is 204 g/mol. The number of sulfonamides is 1. The molecule has 3 N–H and O–H groups in total. The fourth-order valence-corrected chi connectivity index (χ4v) is 2.44. The van der Waals surface area contributed by atoms with Gasteiger partial charge in [0.15, 0.2) is 0 Å². The van der Waals surface area contributed by atoms with E-state index in [1.807, 2.05) is 13.8 Å². The molecule has 1 heterocycles. The van der Waals surface area contributed by atoms with Gasteiger partial charge in [0.25, 0.3) is 0 Å². The molecule has 0 aliphatic carbocycles. The largest absolute Gasteiger partial charge is 0.374 e. The first-order chi connectivity index (χ1) is 6.39. The lowest BCUT2D eigenvalue weighted by molar-refractivity contribution is -0.00354. The lowest BCUT2D eigenvalue weighted by atomic mass is 10.1. The van der Waals surface area contributed by atoms with Gasteiger partial charge in [0.05, 0.1) is 17.5 Å². The van der Waals surface area contributed by atoms with Gasteiger partial charge in [0.1, 0.15) is 0 Å². The topological polar surface area (TPSA) is 81.4 Å². The van der Waals surface area contributed by atoms with Crippen molar-refractivity contribution in [2.45, 2.75) is 37.7 Å². The van der Waals surface area contributed by atoms with Gasteiger partial charge in [-0.1, -0.05) is 0 Å². The number of hydrogen-bond acceptors (Lipinski definition) is 4. The Morgan fingerprint density at radius 3 is 2.57 bits per heavy atom. The molecule has 1 rings (SSSR count). The summed E-state index contributed by atoms with van der Waals surface area (Å²) in [5.74, 6) is 0. The quantitative estimate of drug-likeness (QED) is 0.670. The highest BCUT2D eigenvalue weighted by atomic mass is 32.2. The van der Waals surface area contributed by atoms with Crippen LogP contribution in [-0.2, 0) is 14.8 Å². The summed E-state index contributed by atoms with van der Waals surface area (Å²) in [4.78, 5) is 0. The van der Waals surface area contributed by atoms with Gasteiger partial charge in [-0.15, -0.1) is 0 Å². The lowest BCUT2D eigenvalue weighted by Crippen LogP contribution is -2.49. The predicted molar refractivity (Wildman–Crippen MR) is 54.4 cm³/mol. The number of nitrogens with one attached hydrogen (secondary N) is 1. The molecule has 1 aliphatic rings. The van der Waals surface area contributed by atoms with Crippen molar-refractivity contribution in [3.63, 3.8) is 0 Å². The Hall–Kier alpha value is -0.170. The van der Waals surface area contributed by atoms with Crippen LogP contribution in [0.2, 0.25) is 0 Å². The van der Waals surface area contributed by atoms with Crippen molar-refractivity contribution in [3.05, 3.63) is 0 Å². The van der Waals surface area contributed by atoms with Crippen LogP contribution in [0.5, 0.6) is 0 Å². The van der Waals surface area contributed by atoms with Gasteiger partial charge < -0.3 is 10.1 Å². The summed E-state index contributed by atoms with van der Waals surface area (Å²) in [5.41, 5.74) is 0. The molecule has 0 bridgehead atoms. The number of ether oxygens (including phenoxy) is 1. The van der Waals surface area contributed by atoms with E-state index in [0.29, 0.717) is 19.5 Å². The zero-order valence-corrected chi connectivity index (χ0v) is 9.38. The van der Waals surface area contributed by atoms with Crippen LogP contribution in [0.25, 0.3) is 0 Å². The second kappa shape index (κ2) is 4.57. The van der Waals surface area contributed by atoms with Crippen LogP contribution in [0.3, 0.4) is 0 Å². The molecule has 0 saturated carbocycles. The molecular formula is C8H18N2O3S. The van der Waals surface area contributed by atoms with Crippen molar-refractivity contribution in [2.75, 3.05) is 13.1 Å². The summed E-state index contributed by atoms with van der Waals surface area (Å²) < 4.78 is 27.7. The number of nitrogens with two attached hydrogens (primary N) is 1. The Labute approximate surface area is 85.1 Å². The predicted octanol–water partition coefficient (Wildman–Crippen LogP) is -0.570.